The van der Waals surface area contributed by atoms with Crippen molar-refractivity contribution >= 4 is 29.3 Å². The average molecular weight is 521 g/mol. The average Bonchev–Trinajstić information content (AvgIpc) is 2.77. The molecule has 15 heteroatoms. The third kappa shape index (κ3) is 5.22. The molecule has 3 rings (SSSR count). The lowest BCUT2D eigenvalue weighted by atomic mass is 10.3. The van der Waals surface area contributed by atoms with Gasteiger partial charge in [0.25, 0.3) is 5.56 Å². The quantitative estimate of drug-likeness (QED) is 0.361. The van der Waals surface area contributed by atoms with Gasteiger partial charge in [-0.15, -0.1) is 0 Å². The minimum Gasteiger partial charge on any atom is -0.466 e. The number of esters is 1. The van der Waals surface area contributed by atoms with Crippen molar-refractivity contribution in [2.24, 2.45) is 7.05 Å². The van der Waals surface area contributed by atoms with Crippen LogP contribution >= 0.6 is 23.4 Å². The van der Waals surface area contributed by atoms with Crippen LogP contribution in [0.25, 0.3) is 5.82 Å². The summed E-state index contributed by atoms with van der Waals surface area (Å²) in [5.41, 5.74) is -4.41. The van der Waals surface area contributed by atoms with E-state index in [4.69, 9.17) is 16.3 Å². The summed E-state index contributed by atoms with van der Waals surface area (Å²) in [7, 11) is 1.95. The zero-order chi connectivity index (χ0) is 25.2. The first-order valence-electron chi connectivity index (χ1n) is 9.03. The summed E-state index contributed by atoms with van der Waals surface area (Å²) < 4.78 is 64.0. The molecule has 0 aliphatic rings. The van der Waals surface area contributed by atoms with Crippen molar-refractivity contribution in [3.05, 3.63) is 67.8 Å². The lowest BCUT2D eigenvalue weighted by Crippen LogP contribution is -2.41. The predicted molar refractivity (Wildman–Crippen MR) is 111 cm³/mol. The molecule has 0 saturated carbocycles. The Labute approximate surface area is 196 Å². The molecule has 0 N–H and O–H groups in total. The molecular weight excluding hydrogens is 508 g/mol. The summed E-state index contributed by atoms with van der Waals surface area (Å²) >= 11 is 6.85. The maximum absolute atomic E-state index is 14.6. The molecule has 0 bridgehead atoms. The van der Waals surface area contributed by atoms with E-state index >= 15 is 0 Å². The normalized spacial score (nSPS) is 11.4. The Bertz CT molecular complexity index is 1380. The van der Waals surface area contributed by atoms with Gasteiger partial charge in [0.15, 0.2) is 18.2 Å². The number of hydrogen-bond acceptors (Lipinski definition) is 8. The molecule has 0 aliphatic heterocycles. The largest absolute Gasteiger partial charge is 0.466 e. The first-order valence-corrected chi connectivity index (χ1v) is 10.2. The van der Waals surface area contributed by atoms with Crippen LogP contribution in [0.2, 0.25) is 5.02 Å². The summed E-state index contributed by atoms with van der Waals surface area (Å²) in [6.07, 6.45) is -3.62. The smallest absolute Gasteiger partial charge is 0.431 e. The van der Waals surface area contributed by atoms with Crippen LogP contribution in [0.4, 0.5) is 17.6 Å². The van der Waals surface area contributed by atoms with E-state index in [0.29, 0.717) is 0 Å². The van der Waals surface area contributed by atoms with Crippen LogP contribution in [0.1, 0.15) is 5.69 Å². The molecule has 3 aromatic heterocycles. The zero-order valence-corrected chi connectivity index (χ0v) is 18.8. The Morgan fingerprint density at radius 2 is 1.97 bits per heavy atom. The van der Waals surface area contributed by atoms with Crippen LogP contribution in [-0.2, 0) is 22.8 Å². The Balaban J connectivity index is 2.08. The van der Waals surface area contributed by atoms with E-state index in [1.54, 1.807) is 0 Å². The molecule has 180 valence electrons. The second-order valence-corrected chi connectivity index (χ2v) is 7.83. The summed E-state index contributed by atoms with van der Waals surface area (Å²) in [5.74, 6) is -2.78. The van der Waals surface area contributed by atoms with Gasteiger partial charge >= 0.3 is 17.8 Å². The van der Waals surface area contributed by atoms with Crippen LogP contribution in [0.15, 0.2) is 50.0 Å². The third-order valence-corrected chi connectivity index (χ3v) is 5.63. The molecule has 0 spiro atoms. The monoisotopic (exact) mass is 520 g/mol. The van der Waals surface area contributed by atoms with E-state index in [9.17, 15) is 31.9 Å². The summed E-state index contributed by atoms with van der Waals surface area (Å²) in [6, 6.07) is 3.93. The minimum atomic E-state index is -4.99. The van der Waals surface area contributed by atoms with E-state index < -0.39 is 47.3 Å². The van der Waals surface area contributed by atoms with Gasteiger partial charge in [-0.25, -0.2) is 28.5 Å². The highest BCUT2D eigenvalue weighted by atomic mass is 35.5. The molecule has 3 aromatic rings. The third-order valence-electron chi connectivity index (χ3n) is 4.20. The highest BCUT2D eigenvalue weighted by Crippen LogP contribution is 2.37. The van der Waals surface area contributed by atoms with Crippen molar-refractivity contribution in [1.29, 1.82) is 0 Å². The number of nitrogens with zero attached hydrogens (tertiary/aromatic N) is 4. The Kier molecular flexibility index (Phi) is 7.31. The van der Waals surface area contributed by atoms with Crippen LogP contribution in [-0.4, -0.2) is 38.8 Å². The van der Waals surface area contributed by atoms with Gasteiger partial charge in [0.2, 0.25) is 5.88 Å². The molecule has 0 radical (unpaired) electrons. The summed E-state index contributed by atoms with van der Waals surface area (Å²) in [6.45, 7) is -0.464. The molecular formula is C19H13ClF4N4O5S. The number of carbonyl (C=O) groups excluding carboxylic acids is 1. The topological polar surface area (TPSA) is 105 Å². The predicted octanol–water partition coefficient (Wildman–Crippen LogP) is 2.84. The van der Waals surface area contributed by atoms with E-state index in [0.717, 1.165) is 32.0 Å². The van der Waals surface area contributed by atoms with Crippen molar-refractivity contribution in [3.63, 3.8) is 0 Å². The minimum absolute atomic E-state index is 0.0238. The molecule has 34 heavy (non-hydrogen) atoms. The van der Waals surface area contributed by atoms with E-state index in [2.05, 4.69) is 14.7 Å². The fourth-order valence-electron chi connectivity index (χ4n) is 2.61. The SMILES string of the molecule is COC(=O)COc1ncccc1Sc1nc(-n2c(=O)cc(C(F)(F)F)n(C)c2=O)c(F)cc1Cl. The van der Waals surface area contributed by atoms with Gasteiger partial charge in [0.05, 0.1) is 17.0 Å². The standard InChI is InChI=1S/C19H13ClF4N4O5S/c1-27-12(19(22,23)24)7-13(29)28(18(27)31)15-10(21)6-9(20)17(26-15)34-11-4-3-5-25-16(11)33-8-14(30)32-2/h3-7H,8H2,1-2H3. The van der Waals surface area contributed by atoms with Gasteiger partial charge in [-0.05, 0) is 18.2 Å². The number of halogens is 5. The molecule has 3 heterocycles. The van der Waals surface area contributed by atoms with E-state index in [-0.39, 0.29) is 36.0 Å². The fraction of sp³-hybridized carbons (Fsp3) is 0.211. The van der Waals surface area contributed by atoms with E-state index in [1.807, 2.05) is 0 Å². The second kappa shape index (κ2) is 9.85. The number of alkyl halides is 3. The molecule has 0 aromatic carbocycles. The molecule has 0 amide bonds. The molecule has 0 unspecified atom stereocenters. The lowest BCUT2D eigenvalue weighted by Gasteiger charge is -2.15. The first-order chi connectivity index (χ1) is 15.9. The maximum atomic E-state index is 14.6. The molecule has 9 nitrogen and oxygen atoms in total. The van der Waals surface area contributed by atoms with Crippen molar-refractivity contribution in [2.75, 3.05) is 13.7 Å². The van der Waals surface area contributed by atoms with Gasteiger partial charge < -0.3 is 9.47 Å². The molecule has 0 saturated heterocycles. The maximum Gasteiger partial charge on any atom is 0.431 e. The summed E-state index contributed by atoms with van der Waals surface area (Å²) in [4.78, 5) is 44.3. The van der Waals surface area contributed by atoms with Crippen LogP contribution in [0.3, 0.4) is 0 Å². The Hall–Kier alpha value is -3.39. The van der Waals surface area contributed by atoms with Crippen molar-refractivity contribution in [3.8, 4) is 11.7 Å². The zero-order valence-electron chi connectivity index (χ0n) is 17.2. The van der Waals surface area contributed by atoms with Crippen LogP contribution in [0.5, 0.6) is 5.88 Å². The Morgan fingerprint density at radius 1 is 1.26 bits per heavy atom. The lowest BCUT2D eigenvalue weighted by molar-refractivity contribution is -0.144. The number of carbonyl (C=O) groups is 1. The fourth-order valence-corrected chi connectivity index (χ4v) is 3.71. The number of rotatable bonds is 6. The number of ether oxygens (including phenoxy) is 2. The van der Waals surface area contributed by atoms with Gasteiger partial charge in [-0.3, -0.25) is 9.36 Å². The van der Waals surface area contributed by atoms with Crippen LogP contribution in [0, 0.1) is 5.82 Å². The highest BCUT2D eigenvalue weighted by Gasteiger charge is 2.35. The number of hydrogen-bond donors (Lipinski definition) is 0. The van der Waals surface area contributed by atoms with Crippen molar-refractivity contribution in [1.82, 2.24) is 19.1 Å². The number of methoxy groups -OCH3 is 1. The van der Waals surface area contributed by atoms with Gasteiger partial charge in [0, 0.05) is 19.3 Å². The summed E-state index contributed by atoms with van der Waals surface area (Å²) in [5, 5.41) is -0.353. The molecule has 0 aliphatic carbocycles. The van der Waals surface area contributed by atoms with Gasteiger partial charge in [-0.2, -0.15) is 13.2 Å². The Morgan fingerprint density at radius 3 is 2.62 bits per heavy atom. The van der Waals surface area contributed by atoms with Gasteiger partial charge in [0.1, 0.15) is 10.7 Å². The van der Waals surface area contributed by atoms with Gasteiger partial charge in [-0.1, -0.05) is 23.4 Å². The number of pyridine rings is 2. The molecule has 0 fully saturated rings. The number of aromatic nitrogens is 4. The highest BCUT2D eigenvalue weighted by molar-refractivity contribution is 7.99. The second-order valence-electron chi connectivity index (χ2n) is 6.40. The molecule has 0 atom stereocenters. The van der Waals surface area contributed by atoms with Crippen LogP contribution < -0.4 is 16.0 Å². The first kappa shape index (κ1) is 25.2. The van der Waals surface area contributed by atoms with Crippen molar-refractivity contribution in [2.45, 2.75) is 16.1 Å². The van der Waals surface area contributed by atoms with Crippen molar-refractivity contribution < 1.29 is 31.8 Å². The van der Waals surface area contributed by atoms with E-state index in [1.165, 1.54) is 18.3 Å².